The van der Waals surface area contributed by atoms with Crippen LogP contribution in [0, 0.1) is 0 Å². The monoisotopic (exact) mass is 631 g/mol. The second-order valence-corrected chi connectivity index (χ2v) is 11.8. The summed E-state index contributed by atoms with van der Waals surface area (Å²) in [6, 6.07) is 24.1. The minimum atomic E-state index is -0.526. The first-order chi connectivity index (χ1) is 22.4. The number of aliphatic hydroxyl groups excluding tert-OH is 1. The summed E-state index contributed by atoms with van der Waals surface area (Å²) < 4.78 is 23.5. The molecule has 2 aliphatic heterocycles. The van der Waals surface area contributed by atoms with Gasteiger partial charge >= 0.3 is 12.0 Å². The lowest BCUT2D eigenvalue weighted by Crippen LogP contribution is -2.42. The highest BCUT2D eigenvalue weighted by molar-refractivity contribution is 5.80. The maximum absolute atomic E-state index is 12.1. The molecule has 5 rings (SSSR count). The van der Waals surface area contributed by atoms with Crippen molar-refractivity contribution in [1.82, 2.24) is 15.5 Å². The zero-order chi connectivity index (χ0) is 32.3. The van der Waals surface area contributed by atoms with Gasteiger partial charge in [-0.05, 0) is 60.2 Å². The third-order valence-corrected chi connectivity index (χ3v) is 8.51. The van der Waals surface area contributed by atoms with Gasteiger partial charge in [0.25, 0.3) is 0 Å². The fourth-order valence-corrected chi connectivity index (χ4v) is 6.11. The van der Waals surface area contributed by atoms with Crippen LogP contribution in [0.4, 0.5) is 4.79 Å². The van der Waals surface area contributed by atoms with E-state index in [2.05, 4.69) is 27.7 Å². The molecule has 3 N–H and O–H groups in total. The Bertz CT molecular complexity index is 1420. The first-order valence-corrected chi connectivity index (χ1v) is 16.1. The number of amides is 2. The number of esters is 1. The van der Waals surface area contributed by atoms with Gasteiger partial charge < -0.3 is 34.7 Å². The molecule has 3 aromatic rings. The molecule has 246 valence electrons. The van der Waals surface area contributed by atoms with Crippen molar-refractivity contribution in [2.45, 2.75) is 63.9 Å². The summed E-state index contributed by atoms with van der Waals surface area (Å²) >= 11 is 0. The predicted octanol–water partition coefficient (Wildman–Crippen LogP) is 4.86. The van der Waals surface area contributed by atoms with E-state index in [1.165, 1.54) is 0 Å². The van der Waals surface area contributed by atoms with Crippen molar-refractivity contribution in [3.8, 4) is 11.1 Å². The number of nitrogens with zero attached hydrogens (tertiary/aromatic N) is 1. The first-order valence-electron chi connectivity index (χ1n) is 16.1. The van der Waals surface area contributed by atoms with Gasteiger partial charge in [0.1, 0.15) is 6.54 Å². The topological polar surface area (TPSA) is 119 Å². The zero-order valence-electron chi connectivity index (χ0n) is 26.7. The Morgan fingerprint density at radius 2 is 1.74 bits per heavy atom. The molecule has 2 amide bonds. The van der Waals surface area contributed by atoms with Gasteiger partial charge in [-0.15, -0.1) is 0 Å². The SMILES string of the molecule is CCOC(=O)CNC(=O)NCc1cccc(-c2ccc(C3OC(CN4CCCC4COC)CC(c4ccc(CO)cc4)O3)cc2)c1. The van der Waals surface area contributed by atoms with Crippen molar-refractivity contribution in [2.75, 3.05) is 40.0 Å². The van der Waals surface area contributed by atoms with E-state index in [0.717, 1.165) is 72.3 Å². The molecule has 2 aliphatic rings. The fraction of sp³-hybridized carbons (Fsp3) is 0.444. The van der Waals surface area contributed by atoms with Gasteiger partial charge in [0, 0.05) is 38.2 Å². The lowest BCUT2D eigenvalue weighted by molar-refractivity contribution is -0.253. The van der Waals surface area contributed by atoms with Crippen LogP contribution in [0.3, 0.4) is 0 Å². The second kappa shape index (κ2) is 16.7. The Labute approximate surface area is 271 Å². The van der Waals surface area contributed by atoms with Gasteiger partial charge in [0.05, 0.1) is 32.0 Å². The molecule has 4 atom stereocenters. The molecule has 4 unspecified atom stereocenters. The second-order valence-electron chi connectivity index (χ2n) is 11.8. The third kappa shape index (κ3) is 9.14. The Balaban J connectivity index is 1.26. The number of aliphatic hydroxyl groups is 1. The van der Waals surface area contributed by atoms with Crippen LogP contribution in [-0.4, -0.2) is 74.1 Å². The molecule has 2 saturated heterocycles. The summed E-state index contributed by atoms with van der Waals surface area (Å²) in [5.41, 5.74) is 5.86. The normalized spacial score (nSPS) is 21.5. The van der Waals surface area contributed by atoms with Crippen LogP contribution >= 0.6 is 0 Å². The number of ether oxygens (including phenoxy) is 4. The molecule has 0 aliphatic carbocycles. The lowest BCUT2D eigenvalue weighted by Gasteiger charge is -2.38. The molecule has 10 nitrogen and oxygen atoms in total. The van der Waals surface area contributed by atoms with Gasteiger partial charge in [-0.1, -0.05) is 66.7 Å². The highest BCUT2D eigenvalue weighted by atomic mass is 16.7. The molecule has 2 heterocycles. The molecular formula is C36H45N3O7. The summed E-state index contributed by atoms with van der Waals surface area (Å²) in [6.45, 7) is 4.71. The highest BCUT2D eigenvalue weighted by Gasteiger charge is 2.35. The van der Waals surface area contributed by atoms with Crippen LogP contribution in [0.5, 0.6) is 0 Å². The average Bonchev–Trinajstić information content (AvgIpc) is 3.53. The standard InChI is InChI=1S/C36H45N3O7/c1-3-44-34(41)21-38-36(42)37-20-26-6-4-7-30(18-26)27-13-15-29(16-14-27)35-45-32(22-39-17-5-8-31(39)24-43-2)19-33(46-35)28-11-9-25(23-40)10-12-28/h4,6-7,9-16,18,31-33,35,40H,3,5,8,17,19-24H2,1-2H3,(H2,37,38,42). The van der Waals surface area contributed by atoms with E-state index in [1.807, 2.05) is 60.7 Å². The number of benzene rings is 3. The molecule has 2 fully saturated rings. The largest absolute Gasteiger partial charge is 0.465 e. The number of carbonyl (C=O) groups is 2. The van der Waals surface area contributed by atoms with Crippen LogP contribution < -0.4 is 10.6 Å². The Hall–Kier alpha value is -3.80. The van der Waals surface area contributed by atoms with Crippen molar-refractivity contribution < 1.29 is 33.6 Å². The van der Waals surface area contributed by atoms with Gasteiger partial charge in [-0.3, -0.25) is 9.69 Å². The Kier molecular flexibility index (Phi) is 12.2. The minimum Gasteiger partial charge on any atom is -0.465 e. The summed E-state index contributed by atoms with van der Waals surface area (Å²) in [5.74, 6) is -0.475. The van der Waals surface area contributed by atoms with Gasteiger partial charge in [0.2, 0.25) is 0 Å². The van der Waals surface area contributed by atoms with Crippen molar-refractivity contribution in [1.29, 1.82) is 0 Å². The van der Waals surface area contributed by atoms with Crippen LogP contribution in [-0.2, 0) is 36.9 Å². The van der Waals surface area contributed by atoms with E-state index in [9.17, 15) is 14.7 Å². The fourth-order valence-electron chi connectivity index (χ4n) is 6.11. The van der Waals surface area contributed by atoms with Crippen LogP contribution in [0.25, 0.3) is 11.1 Å². The molecule has 46 heavy (non-hydrogen) atoms. The quantitative estimate of drug-likeness (QED) is 0.229. The van der Waals surface area contributed by atoms with Crippen molar-refractivity contribution in [2.24, 2.45) is 0 Å². The molecule has 10 heteroatoms. The molecule has 0 saturated carbocycles. The number of urea groups is 1. The van der Waals surface area contributed by atoms with E-state index in [-0.39, 0.29) is 32.0 Å². The lowest BCUT2D eigenvalue weighted by atomic mass is 9.99. The number of hydrogen-bond acceptors (Lipinski definition) is 8. The first kappa shape index (κ1) is 33.6. The van der Waals surface area contributed by atoms with Gasteiger partial charge in [-0.25, -0.2) is 4.79 Å². The maximum Gasteiger partial charge on any atom is 0.325 e. The number of carbonyl (C=O) groups excluding carboxylic acids is 2. The molecule has 0 bridgehead atoms. The third-order valence-electron chi connectivity index (χ3n) is 8.51. The minimum absolute atomic E-state index is 0.00817. The number of hydrogen-bond donors (Lipinski definition) is 3. The van der Waals surface area contributed by atoms with E-state index in [1.54, 1.807) is 14.0 Å². The summed E-state index contributed by atoms with van der Waals surface area (Å²) in [6.07, 6.45) is 2.35. The van der Waals surface area contributed by atoms with Crippen molar-refractivity contribution >= 4 is 12.0 Å². The van der Waals surface area contributed by atoms with E-state index >= 15 is 0 Å². The molecule has 0 radical (unpaired) electrons. The smallest absolute Gasteiger partial charge is 0.325 e. The summed E-state index contributed by atoms with van der Waals surface area (Å²) in [7, 11) is 1.76. The van der Waals surface area contributed by atoms with Crippen LogP contribution in [0.15, 0.2) is 72.8 Å². The molecular weight excluding hydrogens is 586 g/mol. The number of methoxy groups -OCH3 is 1. The average molecular weight is 632 g/mol. The van der Waals surface area contributed by atoms with Gasteiger partial charge in [-0.2, -0.15) is 0 Å². The van der Waals surface area contributed by atoms with E-state index in [0.29, 0.717) is 12.6 Å². The molecule has 3 aromatic carbocycles. The van der Waals surface area contributed by atoms with Crippen LogP contribution in [0.2, 0.25) is 0 Å². The molecule has 0 aromatic heterocycles. The van der Waals surface area contributed by atoms with E-state index in [4.69, 9.17) is 18.9 Å². The summed E-state index contributed by atoms with van der Waals surface area (Å²) in [4.78, 5) is 26.1. The van der Waals surface area contributed by atoms with E-state index < -0.39 is 18.3 Å². The Morgan fingerprint density at radius 1 is 0.957 bits per heavy atom. The summed E-state index contributed by atoms with van der Waals surface area (Å²) in [5, 5.41) is 14.8. The number of likely N-dealkylation sites (tertiary alicyclic amines) is 1. The predicted molar refractivity (Wildman–Crippen MR) is 174 cm³/mol. The highest BCUT2D eigenvalue weighted by Crippen LogP contribution is 2.39. The van der Waals surface area contributed by atoms with Crippen molar-refractivity contribution in [3.63, 3.8) is 0 Å². The van der Waals surface area contributed by atoms with Crippen molar-refractivity contribution in [3.05, 3.63) is 95.1 Å². The Morgan fingerprint density at radius 3 is 2.48 bits per heavy atom. The maximum atomic E-state index is 12.1. The number of rotatable bonds is 13. The van der Waals surface area contributed by atoms with Crippen LogP contribution in [0.1, 0.15) is 60.8 Å². The van der Waals surface area contributed by atoms with Gasteiger partial charge in [0.15, 0.2) is 6.29 Å². The molecule has 0 spiro atoms. The number of nitrogens with one attached hydrogen (secondary N) is 2. The zero-order valence-corrected chi connectivity index (χ0v) is 26.7.